The molecule has 1 aromatic carbocycles. The van der Waals surface area contributed by atoms with Crippen LogP contribution < -0.4 is 15.4 Å². The number of carbonyl (C=O) groups is 1. The zero-order valence-electron chi connectivity index (χ0n) is 13.5. The van der Waals surface area contributed by atoms with Crippen LogP contribution in [0.4, 0.5) is 0 Å². The molecule has 2 rings (SSSR count). The van der Waals surface area contributed by atoms with Gasteiger partial charge < -0.3 is 15.4 Å². The zero-order valence-corrected chi connectivity index (χ0v) is 13.5. The molecule has 1 aliphatic rings. The minimum Gasteiger partial charge on any atom is -0.493 e. The quantitative estimate of drug-likeness (QED) is 0.761. The molecule has 0 atom stereocenters. The van der Waals surface area contributed by atoms with Crippen molar-refractivity contribution < 1.29 is 9.53 Å². The van der Waals surface area contributed by atoms with Crippen LogP contribution in [0.5, 0.6) is 5.75 Å². The summed E-state index contributed by atoms with van der Waals surface area (Å²) >= 11 is 0. The third-order valence-corrected chi connectivity index (χ3v) is 3.82. The Balaban J connectivity index is 1.65. The van der Waals surface area contributed by atoms with Crippen molar-refractivity contribution in [2.45, 2.75) is 32.6 Å². The molecule has 22 heavy (non-hydrogen) atoms. The molecule has 0 spiro atoms. The van der Waals surface area contributed by atoms with Gasteiger partial charge in [-0.15, -0.1) is 0 Å². The lowest BCUT2D eigenvalue weighted by atomic mass is 10.0. The third-order valence-electron chi connectivity index (χ3n) is 3.82. The minimum absolute atomic E-state index is 0.0400. The molecule has 0 saturated carbocycles. The fourth-order valence-corrected chi connectivity index (χ4v) is 2.34. The summed E-state index contributed by atoms with van der Waals surface area (Å²) in [6, 6.07) is 8.08. The number of hydrogen-bond acceptors (Lipinski definition) is 3. The van der Waals surface area contributed by atoms with Crippen molar-refractivity contribution in [1.82, 2.24) is 10.6 Å². The highest BCUT2D eigenvalue weighted by Crippen LogP contribution is 2.18. The van der Waals surface area contributed by atoms with E-state index in [0.717, 1.165) is 25.3 Å². The molecule has 0 bridgehead atoms. The molecule has 4 heteroatoms. The molecular weight excluding hydrogens is 276 g/mol. The second kappa shape index (κ2) is 8.59. The molecule has 1 aromatic rings. The smallest absolute Gasteiger partial charge is 0.223 e. The van der Waals surface area contributed by atoms with Gasteiger partial charge >= 0.3 is 0 Å². The highest BCUT2D eigenvalue weighted by atomic mass is 16.5. The summed E-state index contributed by atoms with van der Waals surface area (Å²) in [5.41, 5.74) is 2.60. The fourth-order valence-electron chi connectivity index (χ4n) is 2.34. The Morgan fingerprint density at radius 2 is 2.09 bits per heavy atom. The van der Waals surface area contributed by atoms with E-state index in [1.165, 1.54) is 11.1 Å². The fraction of sp³-hybridized carbons (Fsp3) is 0.500. The Morgan fingerprint density at radius 1 is 1.32 bits per heavy atom. The van der Waals surface area contributed by atoms with Gasteiger partial charge in [0.25, 0.3) is 0 Å². The van der Waals surface area contributed by atoms with E-state index >= 15 is 0 Å². The van der Waals surface area contributed by atoms with Crippen molar-refractivity contribution in [1.29, 1.82) is 0 Å². The molecular formula is C18H26N2O2. The highest BCUT2D eigenvalue weighted by molar-refractivity contribution is 5.76. The van der Waals surface area contributed by atoms with Crippen LogP contribution in [-0.2, 0) is 4.79 Å². The number of amides is 1. The lowest BCUT2D eigenvalue weighted by Crippen LogP contribution is -2.30. The minimum atomic E-state index is 0.0400. The van der Waals surface area contributed by atoms with E-state index in [0.29, 0.717) is 25.5 Å². The molecule has 0 unspecified atom stereocenters. The van der Waals surface area contributed by atoms with Crippen molar-refractivity contribution >= 4 is 5.91 Å². The van der Waals surface area contributed by atoms with Gasteiger partial charge in [-0.2, -0.15) is 0 Å². The van der Waals surface area contributed by atoms with E-state index in [1.807, 2.05) is 12.1 Å². The summed E-state index contributed by atoms with van der Waals surface area (Å²) < 4.78 is 5.62. The number of ether oxygens (including phenoxy) is 1. The molecule has 0 aromatic heterocycles. The summed E-state index contributed by atoms with van der Waals surface area (Å²) in [5.74, 6) is 1.38. The van der Waals surface area contributed by atoms with Crippen molar-refractivity contribution in [3.8, 4) is 5.75 Å². The molecule has 0 saturated heterocycles. The van der Waals surface area contributed by atoms with E-state index in [2.05, 4.69) is 42.7 Å². The first kappa shape index (κ1) is 16.6. The largest absolute Gasteiger partial charge is 0.493 e. The van der Waals surface area contributed by atoms with Crippen molar-refractivity contribution in [2.75, 3.05) is 26.2 Å². The molecule has 0 radical (unpaired) electrons. The summed E-state index contributed by atoms with van der Waals surface area (Å²) in [5, 5.41) is 6.20. The van der Waals surface area contributed by atoms with Gasteiger partial charge in [-0.25, -0.2) is 0 Å². The van der Waals surface area contributed by atoms with Gasteiger partial charge in [-0.05, 0) is 36.6 Å². The average molecular weight is 302 g/mol. The average Bonchev–Trinajstić information content (AvgIpc) is 2.54. The highest BCUT2D eigenvalue weighted by Gasteiger charge is 2.06. The maximum absolute atomic E-state index is 11.8. The van der Waals surface area contributed by atoms with Crippen LogP contribution in [0.25, 0.3) is 0 Å². The van der Waals surface area contributed by atoms with Crippen LogP contribution in [0, 0.1) is 0 Å². The Morgan fingerprint density at radius 3 is 2.73 bits per heavy atom. The summed E-state index contributed by atoms with van der Waals surface area (Å²) in [7, 11) is 0. The first-order valence-electron chi connectivity index (χ1n) is 8.03. The Kier molecular flexibility index (Phi) is 6.46. The van der Waals surface area contributed by atoms with E-state index < -0.39 is 0 Å². The van der Waals surface area contributed by atoms with Crippen molar-refractivity contribution in [3.63, 3.8) is 0 Å². The third kappa shape index (κ3) is 5.53. The van der Waals surface area contributed by atoms with Gasteiger partial charge in [0.05, 0.1) is 13.0 Å². The van der Waals surface area contributed by atoms with Crippen LogP contribution in [0.2, 0.25) is 0 Å². The number of hydrogen-bond donors (Lipinski definition) is 2. The Bertz CT molecular complexity index is 506. The summed E-state index contributed by atoms with van der Waals surface area (Å²) in [6.45, 7) is 7.30. The predicted molar refractivity (Wildman–Crippen MR) is 89.2 cm³/mol. The van der Waals surface area contributed by atoms with Crippen molar-refractivity contribution in [3.05, 3.63) is 41.5 Å². The monoisotopic (exact) mass is 302 g/mol. The molecule has 120 valence electrons. The van der Waals surface area contributed by atoms with Crippen LogP contribution in [0.3, 0.4) is 0 Å². The molecule has 1 heterocycles. The molecule has 2 N–H and O–H groups in total. The molecule has 1 amide bonds. The Labute approximate surface area is 132 Å². The van der Waals surface area contributed by atoms with Crippen LogP contribution in [0.15, 0.2) is 35.9 Å². The Hall–Kier alpha value is -1.81. The van der Waals surface area contributed by atoms with E-state index in [4.69, 9.17) is 4.74 Å². The number of benzene rings is 1. The lowest BCUT2D eigenvalue weighted by Gasteiger charge is -2.14. The lowest BCUT2D eigenvalue weighted by molar-refractivity contribution is -0.121. The van der Waals surface area contributed by atoms with Gasteiger partial charge in [0.1, 0.15) is 5.75 Å². The standard InChI is InChI=1S/C18H26N2O2/c1-14(2)16-3-5-17(6-4-16)22-12-9-18(21)20-13-15-7-10-19-11-8-15/h3-7,14,19H,8-13H2,1-2H3,(H,20,21). The first-order chi connectivity index (χ1) is 10.6. The zero-order chi connectivity index (χ0) is 15.8. The summed E-state index contributed by atoms with van der Waals surface area (Å²) in [4.78, 5) is 11.8. The van der Waals surface area contributed by atoms with Crippen LogP contribution >= 0.6 is 0 Å². The first-order valence-corrected chi connectivity index (χ1v) is 8.03. The predicted octanol–water partition coefficient (Wildman–Crippen LogP) is 2.61. The second-order valence-electron chi connectivity index (χ2n) is 5.92. The molecule has 4 nitrogen and oxygen atoms in total. The van der Waals surface area contributed by atoms with Gasteiger partial charge in [-0.3, -0.25) is 4.79 Å². The van der Waals surface area contributed by atoms with Gasteiger partial charge in [0.15, 0.2) is 0 Å². The maximum atomic E-state index is 11.8. The summed E-state index contributed by atoms with van der Waals surface area (Å²) in [6.07, 6.45) is 3.55. The maximum Gasteiger partial charge on any atom is 0.223 e. The van der Waals surface area contributed by atoms with Gasteiger partial charge in [-0.1, -0.05) is 37.6 Å². The number of carbonyl (C=O) groups excluding carboxylic acids is 1. The van der Waals surface area contributed by atoms with E-state index in [-0.39, 0.29) is 5.91 Å². The van der Waals surface area contributed by atoms with Crippen molar-refractivity contribution in [2.24, 2.45) is 0 Å². The molecule has 0 fully saturated rings. The molecule has 1 aliphatic heterocycles. The topological polar surface area (TPSA) is 50.4 Å². The number of nitrogens with one attached hydrogen (secondary N) is 2. The van der Waals surface area contributed by atoms with Gasteiger partial charge in [0.2, 0.25) is 5.91 Å². The second-order valence-corrected chi connectivity index (χ2v) is 5.92. The van der Waals surface area contributed by atoms with Gasteiger partial charge in [0, 0.05) is 13.1 Å². The van der Waals surface area contributed by atoms with Crippen LogP contribution in [0.1, 0.15) is 38.2 Å². The number of rotatable bonds is 7. The SMILES string of the molecule is CC(C)c1ccc(OCCC(=O)NCC2=CCNCC2)cc1. The van der Waals surface area contributed by atoms with Crippen LogP contribution in [-0.4, -0.2) is 32.1 Å². The normalized spacial score (nSPS) is 14.6. The van der Waals surface area contributed by atoms with E-state index in [9.17, 15) is 4.79 Å². The van der Waals surface area contributed by atoms with E-state index in [1.54, 1.807) is 0 Å². The molecule has 0 aliphatic carbocycles.